The van der Waals surface area contributed by atoms with E-state index in [2.05, 4.69) is 10.4 Å². The van der Waals surface area contributed by atoms with Crippen molar-refractivity contribution in [2.45, 2.75) is 0 Å². The highest BCUT2D eigenvalue weighted by Gasteiger charge is 1.98. The summed E-state index contributed by atoms with van der Waals surface area (Å²) >= 11 is 5.81. The summed E-state index contributed by atoms with van der Waals surface area (Å²) in [7, 11) is 1.84. The zero-order valence-corrected chi connectivity index (χ0v) is 7.34. The number of hydrogen-bond acceptors (Lipinski definition) is 2. The predicted molar refractivity (Wildman–Crippen MR) is 49.7 cm³/mol. The van der Waals surface area contributed by atoms with E-state index in [0.29, 0.717) is 0 Å². The third-order valence-electron chi connectivity index (χ3n) is 1.68. The summed E-state index contributed by atoms with van der Waals surface area (Å²) in [5.41, 5.74) is 0.992. The zero-order chi connectivity index (χ0) is 8.55. The first kappa shape index (κ1) is 7.43. The fraction of sp³-hybridized carbons (Fsp3) is 0.125. The summed E-state index contributed by atoms with van der Waals surface area (Å²) in [6.07, 6.45) is 1.83. The third-order valence-corrected chi connectivity index (χ3v) is 1.92. The maximum atomic E-state index is 5.81. The first-order valence-corrected chi connectivity index (χ1v) is 4.00. The molecule has 0 radical (unpaired) electrons. The van der Waals surface area contributed by atoms with Crippen molar-refractivity contribution in [1.82, 2.24) is 9.61 Å². The van der Waals surface area contributed by atoms with E-state index >= 15 is 0 Å². The van der Waals surface area contributed by atoms with Crippen LogP contribution in [-0.2, 0) is 0 Å². The third kappa shape index (κ3) is 1.12. The van der Waals surface area contributed by atoms with Crippen molar-refractivity contribution >= 4 is 22.9 Å². The normalized spacial score (nSPS) is 10.5. The number of anilines is 1. The fourth-order valence-corrected chi connectivity index (χ4v) is 1.26. The van der Waals surface area contributed by atoms with Gasteiger partial charge >= 0.3 is 0 Å². The Morgan fingerprint density at radius 2 is 2.33 bits per heavy atom. The topological polar surface area (TPSA) is 29.3 Å². The van der Waals surface area contributed by atoms with E-state index in [9.17, 15) is 0 Å². The molecule has 0 saturated heterocycles. The molecule has 0 atom stereocenters. The molecule has 0 aliphatic rings. The number of hydrogen-bond donors (Lipinski definition) is 1. The van der Waals surface area contributed by atoms with Crippen LogP contribution in [-0.4, -0.2) is 16.7 Å². The largest absolute Gasteiger partial charge is 0.372 e. The Labute approximate surface area is 75.0 Å². The number of nitrogens with zero attached hydrogens (tertiary/aromatic N) is 2. The van der Waals surface area contributed by atoms with Crippen molar-refractivity contribution in [3.63, 3.8) is 0 Å². The molecule has 0 aliphatic carbocycles. The number of fused-ring (bicyclic) bond motifs is 1. The lowest BCUT2D eigenvalue weighted by molar-refractivity contribution is 0.963. The Bertz CT molecular complexity index is 408. The van der Waals surface area contributed by atoms with E-state index in [1.54, 1.807) is 10.6 Å². The smallest absolute Gasteiger partial charge is 0.148 e. The average molecular weight is 182 g/mol. The Morgan fingerprint density at radius 3 is 3.08 bits per heavy atom. The Morgan fingerprint density at radius 1 is 1.50 bits per heavy atom. The molecular weight excluding hydrogens is 174 g/mol. The van der Waals surface area contributed by atoms with Crippen LogP contribution >= 0.6 is 11.6 Å². The summed E-state index contributed by atoms with van der Waals surface area (Å²) < 4.78 is 1.78. The molecule has 0 unspecified atom stereocenters. The monoisotopic (exact) mass is 181 g/mol. The molecule has 2 heterocycles. The molecule has 2 rings (SSSR count). The molecule has 0 fully saturated rings. The van der Waals surface area contributed by atoms with Crippen molar-refractivity contribution in [2.75, 3.05) is 12.4 Å². The van der Waals surface area contributed by atoms with Crippen LogP contribution in [0.5, 0.6) is 0 Å². The van der Waals surface area contributed by atoms with Crippen LogP contribution in [0.2, 0.25) is 5.02 Å². The van der Waals surface area contributed by atoms with E-state index in [1.807, 2.05) is 25.4 Å². The molecule has 0 amide bonds. The zero-order valence-electron chi connectivity index (χ0n) is 6.58. The van der Waals surface area contributed by atoms with Gasteiger partial charge in [-0.15, -0.1) is 0 Å². The molecular formula is C8H8ClN3. The van der Waals surface area contributed by atoms with E-state index in [4.69, 9.17) is 11.6 Å². The first-order valence-electron chi connectivity index (χ1n) is 3.62. The van der Waals surface area contributed by atoms with Gasteiger partial charge in [-0.3, -0.25) is 0 Å². The Balaban J connectivity index is 2.67. The van der Waals surface area contributed by atoms with Crippen LogP contribution in [0.1, 0.15) is 0 Å². The van der Waals surface area contributed by atoms with Crippen molar-refractivity contribution < 1.29 is 0 Å². The number of nitrogens with one attached hydrogen (secondary N) is 1. The van der Waals surface area contributed by atoms with Gasteiger partial charge in [0.15, 0.2) is 0 Å². The average Bonchev–Trinajstić information content (AvgIpc) is 2.46. The molecule has 2 aromatic rings. The lowest BCUT2D eigenvalue weighted by Gasteiger charge is -1.91. The maximum Gasteiger partial charge on any atom is 0.148 e. The van der Waals surface area contributed by atoms with Crippen LogP contribution < -0.4 is 5.32 Å². The summed E-state index contributed by atoms with van der Waals surface area (Å²) in [4.78, 5) is 0. The van der Waals surface area contributed by atoms with Gasteiger partial charge in [0.25, 0.3) is 0 Å². The fourth-order valence-electron chi connectivity index (χ4n) is 1.09. The van der Waals surface area contributed by atoms with Gasteiger partial charge in [0, 0.05) is 24.3 Å². The summed E-state index contributed by atoms with van der Waals surface area (Å²) in [5.74, 6) is 0.845. The van der Waals surface area contributed by atoms with Crippen LogP contribution in [0.3, 0.4) is 0 Å². The van der Waals surface area contributed by atoms with Crippen molar-refractivity contribution in [3.05, 3.63) is 29.4 Å². The van der Waals surface area contributed by atoms with Crippen LogP contribution in [0, 0.1) is 0 Å². The molecule has 0 aliphatic heterocycles. The van der Waals surface area contributed by atoms with E-state index in [1.165, 1.54) is 0 Å². The van der Waals surface area contributed by atoms with Gasteiger partial charge in [-0.05, 0) is 12.1 Å². The molecule has 3 nitrogen and oxygen atoms in total. The molecule has 12 heavy (non-hydrogen) atoms. The van der Waals surface area contributed by atoms with Gasteiger partial charge in [0.05, 0.1) is 5.52 Å². The quantitative estimate of drug-likeness (QED) is 0.730. The van der Waals surface area contributed by atoms with Gasteiger partial charge in [0.2, 0.25) is 0 Å². The highest BCUT2D eigenvalue weighted by molar-refractivity contribution is 6.30. The molecule has 0 aromatic carbocycles. The van der Waals surface area contributed by atoms with Gasteiger partial charge in [-0.2, -0.15) is 5.10 Å². The number of halogens is 1. The molecule has 2 aromatic heterocycles. The standard InChI is InChI=1S/C8H8ClN3/c1-10-8-5-7-4-6(9)2-3-12(7)11-8/h2-5H,1H3,(H,10,11). The second-order valence-corrected chi connectivity index (χ2v) is 2.93. The molecule has 0 spiro atoms. The van der Waals surface area contributed by atoms with Gasteiger partial charge in [-0.1, -0.05) is 11.6 Å². The summed E-state index contributed by atoms with van der Waals surface area (Å²) in [6, 6.07) is 5.61. The molecule has 0 saturated carbocycles. The first-order chi connectivity index (χ1) is 5.79. The van der Waals surface area contributed by atoms with Gasteiger partial charge in [-0.25, -0.2) is 4.52 Å². The number of rotatable bonds is 1. The lowest BCUT2D eigenvalue weighted by Crippen LogP contribution is -1.89. The molecule has 62 valence electrons. The van der Waals surface area contributed by atoms with E-state index in [0.717, 1.165) is 16.4 Å². The summed E-state index contributed by atoms with van der Waals surface area (Å²) in [5, 5.41) is 7.91. The highest BCUT2D eigenvalue weighted by Crippen LogP contribution is 2.14. The van der Waals surface area contributed by atoms with Crippen molar-refractivity contribution in [2.24, 2.45) is 0 Å². The number of aromatic nitrogens is 2. The van der Waals surface area contributed by atoms with Crippen LogP contribution in [0.25, 0.3) is 5.52 Å². The second kappa shape index (κ2) is 2.68. The van der Waals surface area contributed by atoms with E-state index in [-0.39, 0.29) is 0 Å². The highest BCUT2D eigenvalue weighted by atomic mass is 35.5. The van der Waals surface area contributed by atoms with Crippen molar-refractivity contribution in [3.8, 4) is 0 Å². The Hall–Kier alpha value is -1.22. The number of pyridine rings is 1. The van der Waals surface area contributed by atoms with Crippen LogP contribution in [0.15, 0.2) is 24.4 Å². The van der Waals surface area contributed by atoms with E-state index < -0.39 is 0 Å². The SMILES string of the molecule is CNc1cc2cc(Cl)ccn2n1. The summed E-state index contributed by atoms with van der Waals surface area (Å²) in [6.45, 7) is 0. The lowest BCUT2D eigenvalue weighted by atomic mass is 10.4. The predicted octanol–water partition coefficient (Wildman–Crippen LogP) is 2.03. The maximum absolute atomic E-state index is 5.81. The molecule has 1 N–H and O–H groups in total. The minimum absolute atomic E-state index is 0.727. The molecule has 0 bridgehead atoms. The van der Waals surface area contributed by atoms with Gasteiger partial charge in [0.1, 0.15) is 5.82 Å². The minimum Gasteiger partial charge on any atom is -0.372 e. The van der Waals surface area contributed by atoms with Gasteiger partial charge < -0.3 is 5.32 Å². The van der Waals surface area contributed by atoms with Crippen molar-refractivity contribution in [1.29, 1.82) is 0 Å². The second-order valence-electron chi connectivity index (χ2n) is 2.49. The Kier molecular flexibility index (Phi) is 1.66. The molecule has 4 heteroatoms. The minimum atomic E-state index is 0.727. The van der Waals surface area contributed by atoms with Crippen LogP contribution in [0.4, 0.5) is 5.82 Å².